The average molecular weight is 666 g/mol. The van der Waals surface area contributed by atoms with Crippen LogP contribution in [0.15, 0.2) is 129 Å². The van der Waals surface area contributed by atoms with E-state index in [0.717, 1.165) is 0 Å². The van der Waals surface area contributed by atoms with Gasteiger partial charge in [0.15, 0.2) is 0 Å². The Labute approximate surface area is 275 Å². The van der Waals surface area contributed by atoms with Crippen molar-refractivity contribution in [3.63, 3.8) is 0 Å². The van der Waals surface area contributed by atoms with Gasteiger partial charge in [-0.3, -0.25) is 20.0 Å². The molecule has 0 saturated carbocycles. The maximum atomic E-state index is 10.2. The first-order valence-corrected chi connectivity index (χ1v) is 12.9. The number of hydrogen-bond donors (Lipinski definition) is 4. The predicted molar refractivity (Wildman–Crippen MR) is 168 cm³/mol. The van der Waals surface area contributed by atoms with E-state index in [1.807, 2.05) is 0 Å². The summed E-state index contributed by atoms with van der Waals surface area (Å²) in [6.07, 6.45) is 6.08. The molecule has 222 valence electrons. The number of nitrogens with zero attached hydrogens (tertiary/aromatic N) is 4. The van der Waals surface area contributed by atoms with Crippen LogP contribution in [0.4, 0.5) is 22.7 Å². The first-order chi connectivity index (χ1) is 20.5. The van der Waals surface area contributed by atoms with E-state index in [1.165, 1.54) is 24.9 Å². The number of aliphatic imine (C=N–C) groups is 4. The van der Waals surface area contributed by atoms with Gasteiger partial charge in [0, 0.05) is 81.2 Å². The largest absolute Gasteiger partial charge is 0.507 e. The van der Waals surface area contributed by atoms with Crippen LogP contribution < -0.4 is 0 Å². The Balaban J connectivity index is 0.00000264. The summed E-state index contributed by atoms with van der Waals surface area (Å²) in [5.74, 6) is 0.286. The third kappa shape index (κ3) is 8.53. The Morgan fingerprint density at radius 3 is 0.750 bits per heavy atom. The van der Waals surface area contributed by atoms with Crippen LogP contribution in [0.2, 0.25) is 0 Å². The van der Waals surface area contributed by atoms with Gasteiger partial charge in [0.2, 0.25) is 0 Å². The van der Waals surface area contributed by atoms with E-state index in [9.17, 15) is 20.4 Å². The van der Waals surface area contributed by atoms with E-state index in [-0.39, 0.29) is 57.1 Å². The molecule has 0 radical (unpaired) electrons. The normalized spacial score (nSPS) is 11.3. The molecule has 10 heteroatoms. The monoisotopic (exact) mass is 666 g/mol. The van der Waals surface area contributed by atoms with Crippen molar-refractivity contribution in [3.8, 4) is 23.0 Å². The second-order valence-corrected chi connectivity index (χ2v) is 9.10. The van der Waals surface area contributed by atoms with Gasteiger partial charge in [-0.05, 0) is 60.7 Å². The van der Waals surface area contributed by atoms with Gasteiger partial charge in [0.05, 0.1) is 22.7 Å². The smallest absolute Gasteiger partial charge is 0.124 e. The van der Waals surface area contributed by atoms with Gasteiger partial charge in [-0.2, -0.15) is 0 Å². The molecule has 8 nitrogen and oxygen atoms in total. The van der Waals surface area contributed by atoms with E-state index >= 15 is 0 Å². The molecule has 0 aliphatic carbocycles. The summed E-state index contributed by atoms with van der Waals surface area (Å²) < 4.78 is 0. The van der Waals surface area contributed by atoms with Crippen LogP contribution >= 0.6 is 0 Å². The summed E-state index contributed by atoms with van der Waals surface area (Å²) in [5.41, 5.74) is 3.68. The first-order valence-electron chi connectivity index (χ1n) is 12.9. The van der Waals surface area contributed by atoms with Crippen molar-refractivity contribution in [2.24, 2.45) is 20.0 Å². The van der Waals surface area contributed by atoms with E-state index < -0.39 is 0 Å². The van der Waals surface area contributed by atoms with Gasteiger partial charge in [-0.25, -0.2) is 0 Å². The summed E-state index contributed by atoms with van der Waals surface area (Å²) in [5, 5.41) is 41.0. The van der Waals surface area contributed by atoms with Crippen molar-refractivity contribution in [2.75, 3.05) is 0 Å². The maximum Gasteiger partial charge on any atom is 0.124 e. The third-order valence-corrected chi connectivity index (χ3v) is 6.19. The zero-order valence-corrected chi connectivity index (χ0v) is 25.2. The molecule has 0 saturated heterocycles. The van der Waals surface area contributed by atoms with Crippen LogP contribution in [-0.4, -0.2) is 45.3 Å². The second kappa shape index (κ2) is 16.0. The van der Waals surface area contributed by atoms with Gasteiger partial charge < -0.3 is 20.4 Å². The SMILES string of the molecule is Oc1ccccc1C=Nc1cc(N=Cc2ccccc2O)c(N=Cc2ccccc2O)cc1N=Cc1ccccc1O.[Fe].[Fe]. The summed E-state index contributed by atoms with van der Waals surface area (Å²) in [6, 6.07) is 30.6. The first kappa shape index (κ1) is 33.5. The fourth-order valence-corrected chi connectivity index (χ4v) is 3.91. The number of benzene rings is 5. The van der Waals surface area contributed by atoms with E-state index in [1.54, 1.807) is 109 Å². The molecule has 0 aromatic heterocycles. The number of aromatic hydroxyl groups is 4. The van der Waals surface area contributed by atoms with Crippen molar-refractivity contribution in [1.82, 2.24) is 0 Å². The van der Waals surface area contributed by atoms with Gasteiger partial charge in [0.25, 0.3) is 0 Å². The number of hydrogen-bond acceptors (Lipinski definition) is 8. The molecule has 4 N–H and O–H groups in total. The van der Waals surface area contributed by atoms with Crippen molar-refractivity contribution < 1.29 is 54.6 Å². The third-order valence-electron chi connectivity index (χ3n) is 6.19. The Morgan fingerprint density at radius 1 is 0.341 bits per heavy atom. The minimum atomic E-state index is 0. The van der Waals surface area contributed by atoms with Crippen LogP contribution in [0.3, 0.4) is 0 Å². The quantitative estimate of drug-likeness (QED) is 0.101. The zero-order chi connectivity index (χ0) is 29.3. The van der Waals surface area contributed by atoms with Crippen molar-refractivity contribution >= 4 is 47.6 Å². The van der Waals surface area contributed by atoms with Gasteiger partial charge in [-0.1, -0.05) is 48.5 Å². The number of phenols is 4. The van der Waals surface area contributed by atoms with Gasteiger partial charge in [-0.15, -0.1) is 0 Å². The molecule has 44 heavy (non-hydrogen) atoms. The van der Waals surface area contributed by atoms with E-state index in [0.29, 0.717) is 45.0 Å². The molecule has 5 aromatic rings. The zero-order valence-electron chi connectivity index (χ0n) is 23.0. The molecular weight excluding hydrogens is 640 g/mol. The molecule has 0 fully saturated rings. The van der Waals surface area contributed by atoms with Crippen molar-refractivity contribution in [3.05, 3.63) is 131 Å². The molecule has 0 unspecified atom stereocenters. The standard InChI is InChI=1S/C34H26N4O4.2Fe/c39-31-13-5-1-9-23(31)19-35-27-17-29(37-21-25-11-3-7-15-33(25)41)30(38-22-26-12-4-8-16-34(26)42)18-28(27)36-20-24-10-2-6-14-32(24)40;;/h1-22,39-42H;;. The topological polar surface area (TPSA) is 130 Å². The average Bonchev–Trinajstić information content (AvgIpc) is 3.00. The maximum absolute atomic E-state index is 10.2. The number of para-hydroxylation sites is 4. The van der Waals surface area contributed by atoms with E-state index in [4.69, 9.17) is 0 Å². The molecule has 0 aliphatic rings. The fraction of sp³-hybridized carbons (Fsp3) is 0. The molecule has 5 rings (SSSR count). The Hall–Kier alpha value is -4.98. The van der Waals surface area contributed by atoms with Crippen molar-refractivity contribution in [1.29, 1.82) is 0 Å². The van der Waals surface area contributed by atoms with Crippen LogP contribution in [-0.2, 0) is 34.1 Å². The molecule has 0 amide bonds. The molecular formula is C34H26Fe2N4O4. The van der Waals surface area contributed by atoms with Crippen LogP contribution in [0.5, 0.6) is 23.0 Å². The Kier molecular flexibility index (Phi) is 12.2. The summed E-state index contributed by atoms with van der Waals surface area (Å²) >= 11 is 0. The molecule has 5 aromatic carbocycles. The molecule has 0 heterocycles. The summed E-state index contributed by atoms with van der Waals surface area (Å²) in [7, 11) is 0. The molecule has 0 bridgehead atoms. The number of phenolic OH excluding ortho intramolecular Hbond substituents is 4. The van der Waals surface area contributed by atoms with Gasteiger partial charge >= 0.3 is 0 Å². The van der Waals surface area contributed by atoms with Crippen LogP contribution in [0.25, 0.3) is 0 Å². The summed E-state index contributed by atoms with van der Waals surface area (Å²) in [6.45, 7) is 0. The Morgan fingerprint density at radius 2 is 0.545 bits per heavy atom. The minimum Gasteiger partial charge on any atom is -0.507 e. The van der Waals surface area contributed by atoms with Gasteiger partial charge in [0.1, 0.15) is 23.0 Å². The number of rotatable bonds is 8. The van der Waals surface area contributed by atoms with Crippen LogP contribution in [0, 0.1) is 0 Å². The van der Waals surface area contributed by atoms with E-state index in [2.05, 4.69) is 20.0 Å². The minimum absolute atomic E-state index is 0. The summed E-state index contributed by atoms with van der Waals surface area (Å²) in [4.78, 5) is 18.4. The Bertz CT molecular complexity index is 1590. The van der Waals surface area contributed by atoms with Crippen molar-refractivity contribution in [2.45, 2.75) is 0 Å². The molecule has 0 atom stereocenters. The van der Waals surface area contributed by atoms with Crippen LogP contribution in [0.1, 0.15) is 22.3 Å². The fourth-order valence-electron chi connectivity index (χ4n) is 3.91. The molecule has 0 spiro atoms. The predicted octanol–water partition coefficient (Wildman–Crippen LogP) is 7.51. The second-order valence-electron chi connectivity index (χ2n) is 9.10. The molecule has 0 aliphatic heterocycles.